The third kappa shape index (κ3) is 4.26. The fourth-order valence-electron chi connectivity index (χ4n) is 3.16. The number of anilines is 1. The van der Waals surface area contributed by atoms with Gasteiger partial charge in [0.05, 0.1) is 5.56 Å². The molecule has 6 nitrogen and oxygen atoms in total. The molecule has 2 N–H and O–H groups in total. The van der Waals surface area contributed by atoms with Crippen molar-refractivity contribution in [1.29, 1.82) is 0 Å². The van der Waals surface area contributed by atoms with Crippen molar-refractivity contribution < 1.29 is 4.52 Å². The highest BCUT2D eigenvalue weighted by Crippen LogP contribution is 2.19. The number of nitrogens with one attached hydrogen (secondary N) is 2. The highest BCUT2D eigenvalue weighted by atomic mass is 16.5. The van der Waals surface area contributed by atoms with Crippen molar-refractivity contribution in [2.75, 3.05) is 18.4 Å². The molecule has 0 radical (unpaired) electrons. The Bertz CT molecular complexity index is 810. The fourth-order valence-corrected chi connectivity index (χ4v) is 3.16. The second-order valence-corrected chi connectivity index (χ2v) is 6.62. The molecule has 1 aliphatic rings. The number of hydrogen-bond donors (Lipinski definition) is 2. The number of benzene rings is 1. The second kappa shape index (κ2) is 8.10. The SMILES string of the molecule is c1ccc(CCCc2noc(-c3ccc(NC4CCNC4)nc3)n2)cc1. The lowest BCUT2D eigenvalue weighted by Crippen LogP contribution is -2.22. The van der Waals surface area contributed by atoms with Gasteiger partial charge in [-0.1, -0.05) is 35.5 Å². The van der Waals surface area contributed by atoms with Crippen molar-refractivity contribution in [1.82, 2.24) is 20.4 Å². The van der Waals surface area contributed by atoms with E-state index in [4.69, 9.17) is 4.52 Å². The fraction of sp³-hybridized carbons (Fsp3) is 0.350. The van der Waals surface area contributed by atoms with Gasteiger partial charge in [-0.3, -0.25) is 0 Å². The van der Waals surface area contributed by atoms with Gasteiger partial charge in [-0.05, 0) is 43.5 Å². The molecule has 0 amide bonds. The second-order valence-electron chi connectivity index (χ2n) is 6.62. The van der Waals surface area contributed by atoms with Gasteiger partial charge in [-0.2, -0.15) is 4.98 Å². The summed E-state index contributed by atoms with van der Waals surface area (Å²) in [6, 6.07) is 14.8. The molecule has 1 unspecified atom stereocenters. The summed E-state index contributed by atoms with van der Waals surface area (Å²) in [5.41, 5.74) is 2.18. The molecule has 2 aromatic heterocycles. The zero-order chi connectivity index (χ0) is 17.6. The summed E-state index contributed by atoms with van der Waals surface area (Å²) < 4.78 is 5.40. The van der Waals surface area contributed by atoms with E-state index in [1.807, 2.05) is 18.2 Å². The van der Waals surface area contributed by atoms with Gasteiger partial charge in [0.1, 0.15) is 5.82 Å². The van der Waals surface area contributed by atoms with Gasteiger partial charge in [0.15, 0.2) is 5.82 Å². The van der Waals surface area contributed by atoms with Crippen LogP contribution in [0.3, 0.4) is 0 Å². The smallest absolute Gasteiger partial charge is 0.259 e. The predicted molar refractivity (Wildman–Crippen MR) is 101 cm³/mol. The first kappa shape index (κ1) is 16.7. The number of hydrogen-bond acceptors (Lipinski definition) is 6. The van der Waals surface area contributed by atoms with Crippen LogP contribution in [0.1, 0.15) is 24.2 Å². The first-order valence-corrected chi connectivity index (χ1v) is 9.17. The Morgan fingerprint density at radius 1 is 1.12 bits per heavy atom. The molecule has 6 heteroatoms. The van der Waals surface area contributed by atoms with Crippen molar-refractivity contribution >= 4 is 5.82 Å². The van der Waals surface area contributed by atoms with Crippen LogP contribution in [0.15, 0.2) is 53.2 Å². The molecule has 0 saturated carbocycles. The minimum atomic E-state index is 0.452. The number of pyridine rings is 1. The summed E-state index contributed by atoms with van der Waals surface area (Å²) in [7, 11) is 0. The Kier molecular flexibility index (Phi) is 5.21. The summed E-state index contributed by atoms with van der Waals surface area (Å²) in [6.45, 7) is 2.05. The van der Waals surface area contributed by atoms with E-state index in [-0.39, 0.29) is 0 Å². The minimum absolute atomic E-state index is 0.452. The van der Waals surface area contributed by atoms with Crippen molar-refractivity contribution in [3.63, 3.8) is 0 Å². The van der Waals surface area contributed by atoms with E-state index in [1.165, 1.54) is 5.56 Å². The molecule has 26 heavy (non-hydrogen) atoms. The topological polar surface area (TPSA) is 75.9 Å². The molecule has 134 valence electrons. The van der Waals surface area contributed by atoms with Crippen LogP contribution >= 0.6 is 0 Å². The van der Waals surface area contributed by atoms with Crippen LogP contribution in [-0.2, 0) is 12.8 Å². The van der Waals surface area contributed by atoms with Gasteiger partial charge < -0.3 is 15.2 Å². The zero-order valence-electron chi connectivity index (χ0n) is 14.7. The molecule has 3 aromatic rings. The van der Waals surface area contributed by atoms with E-state index in [1.54, 1.807) is 6.20 Å². The Morgan fingerprint density at radius 3 is 2.81 bits per heavy atom. The average Bonchev–Trinajstić information content (AvgIpc) is 3.36. The maximum absolute atomic E-state index is 5.40. The predicted octanol–water partition coefficient (Wildman–Crippen LogP) is 3.08. The molecular weight excluding hydrogens is 326 g/mol. The van der Waals surface area contributed by atoms with Crippen molar-refractivity contribution in [3.05, 3.63) is 60.0 Å². The number of aromatic nitrogens is 3. The lowest BCUT2D eigenvalue weighted by atomic mass is 10.1. The van der Waals surface area contributed by atoms with E-state index >= 15 is 0 Å². The molecule has 1 aromatic carbocycles. The van der Waals surface area contributed by atoms with Crippen LogP contribution in [0.2, 0.25) is 0 Å². The molecule has 1 aliphatic heterocycles. The van der Waals surface area contributed by atoms with Gasteiger partial charge >= 0.3 is 0 Å². The highest BCUT2D eigenvalue weighted by molar-refractivity contribution is 5.54. The first-order valence-electron chi connectivity index (χ1n) is 9.17. The van der Waals surface area contributed by atoms with Gasteiger partial charge in [0.2, 0.25) is 0 Å². The molecular formula is C20H23N5O. The summed E-state index contributed by atoms with van der Waals surface area (Å²) in [4.78, 5) is 8.96. The van der Waals surface area contributed by atoms with Crippen LogP contribution < -0.4 is 10.6 Å². The maximum Gasteiger partial charge on any atom is 0.259 e. The minimum Gasteiger partial charge on any atom is -0.366 e. The molecule has 1 fully saturated rings. The normalized spacial score (nSPS) is 16.7. The van der Waals surface area contributed by atoms with Crippen LogP contribution in [0.4, 0.5) is 5.82 Å². The molecule has 0 spiro atoms. The van der Waals surface area contributed by atoms with Crippen LogP contribution in [0, 0.1) is 0 Å². The summed E-state index contributed by atoms with van der Waals surface area (Å²) in [5, 5.41) is 10.9. The van der Waals surface area contributed by atoms with Gasteiger partial charge in [0.25, 0.3) is 5.89 Å². The molecule has 3 heterocycles. The van der Waals surface area contributed by atoms with Gasteiger partial charge in [-0.15, -0.1) is 0 Å². The Hall–Kier alpha value is -2.73. The maximum atomic E-state index is 5.40. The molecule has 1 atom stereocenters. The molecule has 0 bridgehead atoms. The summed E-state index contributed by atoms with van der Waals surface area (Å²) in [6.07, 6.45) is 5.73. The zero-order valence-corrected chi connectivity index (χ0v) is 14.7. The highest BCUT2D eigenvalue weighted by Gasteiger charge is 2.15. The van der Waals surface area contributed by atoms with Gasteiger partial charge in [-0.25, -0.2) is 4.98 Å². The molecule has 0 aliphatic carbocycles. The van der Waals surface area contributed by atoms with E-state index in [0.29, 0.717) is 11.9 Å². The lowest BCUT2D eigenvalue weighted by Gasteiger charge is -2.11. The third-order valence-corrected chi connectivity index (χ3v) is 4.60. The lowest BCUT2D eigenvalue weighted by molar-refractivity contribution is 0.421. The molecule has 4 rings (SSSR count). The monoisotopic (exact) mass is 349 g/mol. The van der Waals surface area contributed by atoms with Crippen molar-refractivity contribution in [2.24, 2.45) is 0 Å². The Labute approximate surface area is 153 Å². The van der Waals surface area contributed by atoms with Crippen molar-refractivity contribution in [2.45, 2.75) is 31.7 Å². The number of nitrogens with zero attached hydrogens (tertiary/aromatic N) is 3. The third-order valence-electron chi connectivity index (χ3n) is 4.60. The van der Waals surface area contributed by atoms with Gasteiger partial charge in [0, 0.05) is 25.2 Å². The standard InChI is InChI=1S/C20H23N5O/c1-2-5-15(6-3-1)7-4-8-19-24-20(26-25-19)16-9-10-18(22-13-16)23-17-11-12-21-14-17/h1-3,5-6,9-10,13,17,21H,4,7-8,11-12,14H2,(H,22,23). The quantitative estimate of drug-likeness (QED) is 0.683. The van der Waals surface area contributed by atoms with E-state index in [0.717, 1.165) is 56.0 Å². The summed E-state index contributed by atoms with van der Waals surface area (Å²) >= 11 is 0. The number of aryl methyl sites for hydroxylation is 2. The largest absolute Gasteiger partial charge is 0.366 e. The Morgan fingerprint density at radius 2 is 2.04 bits per heavy atom. The van der Waals surface area contributed by atoms with E-state index in [9.17, 15) is 0 Å². The summed E-state index contributed by atoms with van der Waals surface area (Å²) in [5.74, 6) is 2.15. The first-order chi connectivity index (χ1) is 12.9. The Balaban J connectivity index is 1.32. The van der Waals surface area contributed by atoms with Crippen LogP contribution in [0.25, 0.3) is 11.5 Å². The number of rotatable bonds is 7. The van der Waals surface area contributed by atoms with Crippen molar-refractivity contribution in [3.8, 4) is 11.5 Å². The van der Waals surface area contributed by atoms with E-state index in [2.05, 4.69) is 50.0 Å². The average molecular weight is 349 g/mol. The van der Waals surface area contributed by atoms with E-state index < -0.39 is 0 Å². The molecule has 1 saturated heterocycles. The van der Waals surface area contributed by atoms with Crippen LogP contribution in [-0.4, -0.2) is 34.3 Å². The van der Waals surface area contributed by atoms with Crippen LogP contribution in [0.5, 0.6) is 0 Å².